The van der Waals surface area contributed by atoms with Crippen molar-refractivity contribution in [3.05, 3.63) is 34.0 Å². The fourth-order valence-electron chi connectivity index (χ4n) is 1.60. The fraction of sp³-hybridized carbons (Fsp3) is 0.500. The highest BCUT2D eigenvalue weighted by atomic mass is 32.1. The molecule has 92 valence electrons. The van der Waals surface area contributed by atoms with E-state index >= 15 is 0 Å². The van der Waals surface area contributed by atoms with E-state index in [-0.39, 0.29) is 0 Å². The van der Waals surface area contributed by atoms with Gasteiger partial charge in [0, 0.05) is 35.9 Å². The van der Waals surface area contributed by atoms with Gasteiger partial charge in [-0.25, -0.2) is 4.98 Å². The van der Waals surface area contributed by atoms with Gasteiger partial charge in [0.15, 0.2) is 0 Å². The summed E-state index contributed by atoms with van der Waals surface area (Å²) in [4.78, 5) is 4.48. The highest BCUT2D eigenvalue weighted by Crippen LogP contribution is 2.17. The molecule has 0 saturated heterocycles. The largest absolute Gasteiger partial charge is 0.304 e. The molecular formula is C12H18N4S. The first kappa shape index (κ1) is 12.3. The van der Waals surface area contributed by atoms with Crippen LogP contribution >= 0.6 is 11.3 Å². The molecule has 2 aromatic rings. The lowest BCUT2D eigenvalue weighted by molar-refractivity contribution is 0.570. The Kier molecular flexibility index (Phi) is 3.91. The average Bonchev–Trinajstić information content (AvgIpc) is 2.94. The van der Waals surface area contributed by atoms with Gasteiger partial charge in [0.2, 0.25) is 0 Å². The third-order valence-electron chi connectivity index (χ3n) is 2.63. The zero-order valence-corrected chi connectivity index (χ0v) is 11.3. The van der Waals surface area contributed by atoms with Crippen LogP contribution in [0.5, 0.6) is 0 Å². The van der Waals surface area contributed by atoms with Gasteiger partial charge in [-0.15, -0.1) is 11.3 Å². The van der Waals surface area contributed by atoms with Crippen molar-refractivity contribution < 1.29 is 0 Å². The maximum absolute atomic E-state index is 4.48. The summed E-state index contributed by atoms with van der Waals surface area (Å²) in [5.74, 6) is 0. The SMILES string of the molecule is CCn1cc(CNC(C)c2nc(C)cs2)cn1. The Balaban J connectivity index is 1.89. The number of thiazole rings is 1. The summed E-state index contributed by atoms with van der Waals surface area (Å²) < 4.78 is 1.94. The first-order chi connectivity index (χ1) is 8.19. The van der Waals surface area contributed by atoms with Crippen molar-refractivity contribution in [1.29, 1.82) is 0 Å². The minimum absolute atomic E-state index is 0.290. The maximum Gasteiger partial charge on any atom is 0.110 e. The molecule has 0 spiro atoms. The molecule has 0 aliphatic carbocycles. The van der Waals surface area contributed by atoms with Crippen LogP contribution in [0.15, 0.2) is 17.8 Å². The zero-order valence-electron chi connectivity index (χ0n) is 10.5. The van der Waals surface area contributed by atoms with Crippen LogP contribution in [-0.2, 0) is 13.1 Å². The molecule has 0 aromatic carbocycles. The van der Waals surface area contributed by atoms with E-state index < -0.39 is 0 Å². The molecule has 0 fully saturated rings. The van der Waals surface area contributed by atoms with Crippen LogP contribution in [0.1, 0.15) is 36.2 Å². The van der Waals surface area contributed by atoms with Crippen LogP contribution in [0, 0.1) is 6.92 Å². The molecule has 0 amide bonds. The van der Waals surface area contributed by atoms with Gasteiger partial charge in [-0.2, -0.15) is 5.10 Å². The summed E-state index contributed by atoms with van der Waals surface area (Å²) in [5.41, 5.74) is 2.31. The molecule has 0 bridgehead atoms. The molecule has 0 aliphatic rings. The normalized spacial score (nSPS) is 12.9. The van der Waals surface area contributed by atoms with Crippen LogP contribution in [0.2, 0.25) is 0 Å². The van der Waals surface area contributed by atoms with Gasteiger partial charge in [0.1, 0.15) is 5.01 Å². The van der Waals surface area contributed by atoms with Crippen molar-refractivity contribution in [3.8, 4) is 0 Å². The predicted octanol–water partition coefficient (Wildman–Crippen LogP) is 2.52. The molecule has 5 heteroatoms. The molecule has 2 rings (SSSR count). The summed E-state index contributed by atoms with van der Waals surface area (Å²) in [6, 6.07) is 0.290. The quantitative estimate of drug-likeness (QED) is 0.886. The second-order valence-corrected chi connectivity index (χ2v) is 5.02. The molecule has 1 N–H and O–H groups in total. The molecule has 2 aromatic heterocycles. The fourth-order valence-corrected chi connectivity index (χ4v) is 2.43. The zero-order chi connectivity index (χ0) is 12.3. The van der Waals surface area contributed by atoms with E-state index in [1.54, 1.807) is 11.3 Å². The number of hydrogen-bond donors (Lipinski definition) is 1. The Bertz CT molecular complexity index is 474. The summed E-state index contributed by atoms with van der Waals surface area (Å²) in [5, 5.41) is 10.9. The third-order valence-corrected chi connectivity index (χ3v) is 3.78. The van der Waals surface area contributed by atoms with Crippen molar-refractivity contribution in [3.63, 3.8) is 0 Å². The molecule has 1 unspecified atom stereocenters. The summed E-state index contributed by atoms with van der Waals surface area (Å²) in [6.07, 6.45) is 3.99. The molecule has 2 heterocycles. The van der Waals surface area contributed by atoms with Gasteiger partial charge in [0.25, 0.3) is 0 Å². The van der Waals surface area contributed by atoms with Crippen molar-refractivity contribution in [2.24, 2.45) is 0 Å². The van der Waals surface area contributed by atoms with Gasteiger partial charge >= 0.3 is 0 Å². The second-order valence-electron chi connectivity index (χ2n) is 4.13. The van der Waals surface area contributed by atoms with Gasteiger partial charge in [-0.3, -0.25) is 4.68 Å². The lowest BCUT2D eigenvalue weighted by atomic mass is 10.3. The minimum atomic E-state index is 0.290. The van der Waals surface area contributed by atoms with E-state index in [9.17, 15) is 0 Å². The first-order valence-corrected chi connectivity index (χ1v) is 6.73. The summed E-state index contributed by atoms with van der Waals surface area (Å²) in [7, 11) is 0. The molecule has 4 nitrogen and oxygen atoms in total. The van der Waals surface area contributed by atoms with E-state index in [0.717, 1.165) is 23.8 Å². The molecule has 17 heavy (non-hydrogen) atoms. The highest BCUT2D eigenvalue weighted by Gasteiger charge is 2.09. The standard InChI is InChI=1S/C12H18N4S/c1-4-16-7-11(6-14-16)5-13-10(3)12-15-9(2)8-17-12/h6-8,10,13H,4-5H2,1-3H3. The van der Waals surface area contributed by atoms with E-state index in [4.69, 9.17) is 0 Å². The average molecular weight is 250 g/mol. The van der Waals surface area contributed by atoms with Gasteiger partial charge in [0.05, 0.1) is 12.2 Å². The number of aromatic nitrogens is 3. The minimum Gasteiger partial charge on any atom is -0.304 e. The Morgan fingerprint density at radius 1 is 1.53 bits per heavy atom. The summed E-state index contributed by atoms with van der Waals surface area (Å²) in [6.45, 7) is 8.01. The smallest absolute Gasteiger partial charge is 0.110 e. The van der Waals surface area contributed by atoms with E-state index in [0.29, 0.717) is 6.04 Å². The van der Waals surface area contributed by atoms with Crippen LogP contribution in [-0.4, -0.2) is 14.8 Å². The highest BCUT2D eigenvalue weighted by molar-refractivity contribution is 7.09. The van der Waals surface area contributed by atoms with E-state index in [1.807, 2.05) is 17.8 Å². The second kappa shape index (κ2) is 5.42. The number of nitrogens with one attached hydrogen (secondary N) is 1. The van der Waals surface area contributed by atoms with Crippen molar-refractivity contribution >= 4 is 11.3 Å². The molecule has 1 atom stereocenters. The van der Waals surface area contributed by atoms with Crippen molar-refractivity contribution in [2.45, 2.75) is 39.9 Å². The van der Waals surface area contributed by atoms with Crippen LogP contribution in [0.4, 0.5) is 0 Å². The van der Waals surface area contributed by atoms with E-state index in [2.05, 4.69) is 40.8 Å². The molecule has 0 saturated carbocycles. The topological polar surface area (TPSA) is 42.7 Å². The lowest BCUT2D eigenvalue weighted by Crippen LogP contribution is -2.17. The van der Waals surface area contributed by atoms with Gasteiger partial charge in [-0.1, -0.05) is 0 Å². The Morgan fingerprint density at radius 3 is 2.94 bits per heavy atom. The van der Waals surface area contributed by atoms with Crippen LogP contribution in [0.25, 0.3) is 0 Å². The monoisotopic (exact) mass is 250 g/mol. The number of aryl methyl sites for hydroxylation is 2. The first-order valence-electron chi connectivity index (χ1n) is 5.85. The lowest BCUT2D eigenvalue weighted by Gasteiger charge is -2.09. The van der Waals surface area contributed by atoms with E-state index in [1.165, 1.54) is 5.56 Å². The van der Waals surface area contributed by atoms with Crippen LogP contribution < -0.4 is 5.32 Å². The van der Waals surface area contributed by atoms with Gasteiger partial charge in [-0.05, 0) is 20.8 Å². The maximum atomic E-state index is 4.48. The molecular weight excluding hydrogens is 232 g/mol. The molecule has 0 aliphatic heterocycles. The van der Waals surface area contributed by atoms with Crippen LogP contribution in [0.3, 0.4) is 0 Å². The van der Waals surface area contributed by atoms with Crippen molar-refractivity contribution in [1.82, 2.24) is 20.1 Å². The summed E-state index contributed by atoms with van der Waals surface area (Å²) >= 11 is 1.71. The van der Waals surface area contributed by atoms with Crippen molar-refractivity contribution in [2.75, 3.05) is 0 Å². The Hall–Kier alpha value is -1.20. The third kappa shape index (κ3) is 3.14. The van der Waals surface area contributed by atoms with Gasteiger partial charge < -0.3 is 5.32 Å². The number of rotatable bonds is 5. The predicted molar refractivity (Wildman–Crippen MR) is 70.0 cm³/mol. The molecule has 0 radical (unpaired) electrons. The number of nitrogens with zero attached hydrogens (tertiary/aromatic N) is 3. The Labute approximate surface area is 106 Å². The number of hydrogen-bond acceptors (Lipinski definition) is 4. The Morgan fingerprint density at radius 2 is 2.35 bits per heavy atom.